The summed E-state index contributed by atoms with van der Waals surface area (Å²) >= 11 is 0. The number of rotatable bonds is 3. The van der Waals surface area contributed by atoms with Gasteiger partial charge in [0.1, 0.15) is 6.33 Å². The Hall–Kier alpha value is -5.48. The fourth-order valence-corrected chi connectivity index (χ4v) is 5.48. The van der Waals surface area contributed by atoms with Crippen molar-refractivity contribution in [3.05, 3.63) is 158 Å². The van der Waals surface area contributed by atoms with Gasteiger partial charge in [0.2, 0.25) is 0 Å². The molecule has 0 atom stereocenters. The van der Waals surface area contributed by atoms with Crippen LogP contribution in [-0.2, 0) is 0 Å². The molecule has 1 aliphatic heterocycles. The van der Waals surface area contributed by atoms with Gasteiger partial charge in [0.15, 0.2) is 0 Å². The fourth-order valence-electron chi connectivity index (χ4n) is 5.48. The predicted octanol–water partition coefficient (Wildman–Crippen LogP) is 9.09. The van der Waals surface area contributed by atoms with E-state index < -0.39 is 0 Å². The molecule has 0 saturated carbocycles. The molecule has 2 aromatic heterocycles. The highest BCUT2D eigenvalue weighted by atomic mass is 15.1. The summed E-state index contributed by atoms with van der Waals surface area (Å²) in [7, 11) is 0. The van der Waals surface area contributed by atoms with Crippen LogP contribution in [0.15, 0.2) is 152 Å². The van der Waals surface area contributed by atoms with Crippen molar-refractivity contribution in [1.82, 2.24) is 14.5 Å². The minimum absolute atomic E-state index is 0.855. The monoisotopic (exact) mass is 528 g/mol. The van der Waals surface area contributed by atoms with Crippen LogP contribution in [-0.4, -0.2) is 21.1 Å². The van der Waals surface area contributed by atoms with Crippen LogP contribution in [0.3, 0.4) is 0 Å². The van der Waals surface area contributed by atoms with Crippen LogP contribution in [0.25, 0.3) is 44.8 Å². The molecule has 0 amide bonds. The highest BCUT2D eigenvalue weighted by molar-refractivity contribution is 6.05. The van der Waals surface area contributed by atoms with Gasteiger partial charge in [0, 0.05) is 35.1 Å². The minimum atomic E-state index is 0.855. The standard InChI is InChI=1S/C24H18N2.C13H10N2/c1-3-8-18(9-4-1)21-15-16-25-23-22(21)14-13-19-10-7-17-26(24(19)23)20-11-5-2-6-12-20;1-2-6-11(7-3-1)15-10-14-12-8-4-5-9-13(12)15/h1-16H,17H2;1-10H. The van der Waals surface area contributed by atoms with E-state index in [9.17, 15) is 0 Å². The number of hydrogen-bond donors (Lipinski definition) is 0. The zero-order valence-electron chi connectivity index (χ0n) is 22.5. The van der Waals surface area contributed by atoms with Crippen molar-refractivity contribution < 1.29 is 0 Å². The maximum Gasteiger partial charge on any atom is 0.100 e. The molecule has 0 fully saturated rings. The molecular weight excluding hydrogens is 500 g/mol. The molecule has 0 aliphatic carbocycles. The third-order valence-corrected chi connectivity index (χ3v) is 7.41. The zero-order valence-corrected chi connectivity index (χ0v) is 22.5. The van der Waals surface area contributed by atoms with Crippen molar-refractivity contribution in [3.63, 3.8) is 0 Å². The van der Waals surface area contributed by atoms with Crippen LogP contribution < -0.4 is 4.90 Å². The van der Waals surface area contributed by atoms with Crippen LogP contribution in [0, 0.1) is 0 Å². The molecule has 4 heteroatoms. The van der Waals surface area contributed by atoms with Crippen molar-refractivity contribution >= 4 is 39.4 Å². The Morgan fingerprint density at radius 1 is 0.585 bits per heavy atom. The number of nitrogens with zero attached hydrogens (tertiary/aromatic N) is 4. The van der Waals surface area contributed by atoms with Gasteiger partial charge in [0.25, 0.3) is 0 Å². The van der Waals surface area contributed by atoms with Crippen LogP contribution in [0.5, 0.6) is 0 Å². The van der Waals surface area contributed by atoms with Gasteiger partial charge in [-0.25, -0.2) is 4.98 Å². The van der Waals surface area contributed by atoms with Crippen molar-refractivity contribution in [1.29, 1.82) is 0 Å². The van der Waals surface area contributed by atoms with Gasteiger partial charge in [-0.2, -0.15) is 0 Å². The number of benzene rings is 5. The number of aromatic nitrogens is 3. The first-order valence-corrected chi connectivity index (χ1v) is 13.8. The summed E-state index contributed by atoms with van der Waals surface area (Å²) in [5.74, 6) is 0. The number of fused-ring (bicyclic) bond motifs is 4. The first kappa shape index (κ1) is 24.6. The molecule has 0 spiro atoms. The van der Waals surface area contributed by atoms with E-state index in [1.807, 2.05) is 48.9 Å². The van der Waals surface area contributed by atoms with E-state index in [4.69, 9.17) is 4.98 Å². The van der Waals surface area contributed by atoms with E-state index in [1.54, 1.807) is 0 Å². The van der Waals surface area contributed by atoms with E-state index in [0.717, 1.165) is 28.8 Å². The molecule has 0 saturated heterocycles. The lowest BCUT2D eigenvalue weighted by Crippen LogP contribution is -2.20. The van der Waals surface area contributed by atoms with Gasteiger partial charge >= 0.3 is 0 Å². The topological polar surface area (TPSA) is 34.0 Å². The summed E-state index contributed by atoms with van der Waals surface area (Å²) in [6, 6.07) is 45.9. The summed E-state index contributed by atoms with van der Waals surface area (Å²) in [6.45, 7) is 0.855. The van der Waals surface area contributed by atoms with E-state index in [2.05, 4.69) is 124 Å². The lowest BCUT2D eigenvalue weighted by Gasteiger charge is -2.29. The SMILES string of the molecule is C1=Cc2ccc3c(-c4ccccc4)ccnc3c2N(c2ccccc2)C1.c1ccc(-n2cnc3ccccc32)cc1. The third kappa shape index (κ3) is 4.77. The second-order valence-corrected chi connectivity index (χ2v) is 9.91. The van der Waals surface area contributed by atoms with E-state index in [1.165, 1.54) is 33.5 Å². The maximum atomic E-state index is 4.78. The Labute approximate surface area is 239 Å². The Bertz CT molecular complexity index is 1960. The van der Waals surface area contributed by atoms with Gasteiger partial charge in [-0.15, -0.1) is 0 Å². The molecule has 7 aromatic rings. The first-order chi connectivity index (χ1) is 20.4. The average Bonchev–Trinajstić information content (AvgIpc) is 3.50. The van der Waals surface area contributed by atoms with Gasteiger partial charge < -0.3 is 4.90 Å². The summed E-state index contributed by atoms with van der Waals surface area (Å²) in [5, 5.41) is 1.19. The van der Waals surface area contributed by atoms with Crippen molar-refractivity contribution in [2.24, 2.45) is 0 Å². The zero-order chi connectivity index (χ0) is 27.4. The molecule has 0 bridgehead atoms. The lowest BCUT2D eigenvalue weighted by molar-refractivity contribution is 1.09. The minimum Gasteiger partial charge on any atom is -0.335 e. The molecule has 41 heavy (non-hydrogen) atoms. The maximum absolute atomic E-state index is 4.78. The third-order valence-electron chi connectivity index (χ3n) is 7.41. The second kappa shape index (κ2) is 10.9. The molecule has 0 N–H and O–H groups in total. The van der Waals surface area contributed by atoms with Crippen LogP contribution in [0.4, 0.5) is 11.4 Å². The van der Waals surface area contributed by atoms with E-state index >= 15 is 0 Å². The van der Waals surface area contributed by atoms with Gasteiger partial charge in [-0.1, -0.05) is 103 Å². The Morgan fingerprint density at radius 2 is 1.27 bits per heavy atom. The molecule has 3 heterocycles. The Morgan fingerprint density at radius 3 is 2.05 bits per heavy atom. The molecule has 0 unspecified atom stereocenters. The highest BCUT2D eigenvalue weighted by Crippen LogP contribution is 2.40. The van der Waals surface area contributed by atoms with Crippen LogP contribution in [0.1, 0.15) is 5.56 Å². The number of pyridine rings is 1. The van der Waals surface area contributed by atoms with Gasteiger partial charge in [-0.05, 0) is 53.6 Å². The predicted molar refractivity (Wildman–Crippen MR) is 171 cm³/mol. The van der Waals surface area contributed by atoms with Gasteiger partial charge in [-0.3, -0.25) is 9.55 Å². The van der Waals surface area contributed by atoms with Crippen LogP contribution in [0.2, 0.25) is 0 Å². The summed E-state index contributed by atoms with van der Waals surface area (Å²) in [4.78, 5) is 11.5. The molecule has 0 radical (unpaired) electrons. The Balaban J connectivity index is 0.000000156. The molecule has 1 aliphatic rings. The molecule has 8 rings (SSSR count). The van der Waals surface area contributed by atoms with Gasteiger partial charge in [0.05, 0.1) is 22.2 Å². The highest BCUT2D eigenvalue weighted by Gasteiger charge is 2.20. The summed E-state index contributed by atoms with van der Waals surface area (Å²) in [5.41, 5.74) is 10.4. The first-order valence-electron chi connectivity index (χ1n) is 13.8. The summed E-state index contributed by atoms with van der Waals surface area (Å²) < 4.78 is 2.09. The second-order valence-electron chi connectivity index (χ2n) is 9.91. The largest absolute Gasteiger partial charge is 0.335 e. The lowest BCUT2D eigenvalue weighted by atomic mass is 9.97. The molecule has 4 nitrogen and oxygen atoms in total. The average molecular weight is 529 g/mol. The number of imidazole rings is 1. The van der Waals surface area contributed by atoms with E-state index in [0.29, 0.717) is 0 Å². The number of anilines is 2. The van der Waals surface area contributed by atoms with E-state index in [-0.39, 0.29) is 0 Å². The normalized spacial score (nSPS) is 12.1. The molecule has 196 valence electrons. The summed E-state index contributed by atoms with van der Waals surface area (Å²) in [6.07, 6.45) is 8.19. The number of hydrogen-bond acceptors (Lipinski definition) is 3. The number of para-hydroxylation sites is 4. The Kier molecular flexibility index (Phi) is 6.56. The molecular formula is C37H28N4. The van der Waals surface area contributed by atoms with Crippen molar-refractivity contribution in [2.45, 2.75) is 0 Å². The smallest absolute Gasteiger partial charge is 0.100 e. The van der Waals surface area contributed by atoms with Crippen molar-refractivity contribution in [2.75, 3.05) is 11.4 Å². The molecule has 5 aromatic carbocycles. The van der Waals surface area contributed by atoms with Crippen molar-refractivity contribution in [3.8, 4) is 16.8 Å². The quantitative estimate of drug-likeness (QED) is 0.229. The fraction of sp³-hybridized carbons (Fsp3) is 0.0270. The van der Waals surface area contributed by atoms with Crippen LogP contribution >= 0.6 is 0 Å².